The molecule has 26 heavy (non-hydrogen) atoms. The Labute approximate surface area is 149 Å². The van der Waals surface area contributed by atoms with E-state index in [1.165, 1.54) is 12.4 Å². The van der Waals surface area contributed by atoms with Crippen LogP contribution in [0.5, 0.6) is 0 Å². The van der Waals surface area contributed by atoms with Gasteiger partial charge in [-0.25, -0.2) is 0 Å². The number of hydrogen-bond donors (Lipinski definition) is 2. The Balaban J connectivity index is 1.96. The van der Waals surface area contributed by atoms with Crippen LogP contribution in [0.15, 0.2) is 95.3 Å². The summed E-state index contributed by atoms with van der Waals surface area (Å²) in [6, 6.07) is 15.4. The molecule has 3 rings (SSSR count). The third kappa shape index (κ3) is 4.35. The van der Waals surface area contributed by atoms with Crippen LogP contribution < -0.4 is 5.32 Å². The standard InChI is InChI=1S/C19H15N5O2/c25-18(14-6-2-1-3-7-14)17(24-23-16-9-5-11-21-13-16)19(26)22-15-8-4-10-20-12-15/h1-13,25H,(H,22,26)/b18-17+,24-23?. The topological polar surface area (TPSA) is 99.8 Å². The van der Waals surface area contributed by atoms with E-state index in [9.17, 15) is 9.90 Å². The van der Waals surface area contributed by atoms with E-state index in [1.807, 2.05) is 6.07 Å². The largest absolute Gasteiger partial charge is 0.505 e. The third-order valence-corrected chi connectivity index (χ3v) is 3.32. The van der Waals surface area contributed by atoms with Crippen molar-refractivity contribution < 1.29 is 9.90 Å². The van der Waals surface area contributed by atoms with Crippen molar-refractivity contribution in [3.63, 3.8) is 0 Å². The van der Waals surface area contributed by atoms with Crippen LogP contribution in [0.4, 0.5) is 11.4 Å². The van der Waals surface area contributed by atoms with E-state index in [4.69, 9.17) is 0 Å². The Morgan fingerprint density at radius 3 is 2.31 bits per heavy atom. The first-order chi connectivity index (χ1) is 12.7. The average Bonchev–Trinajstić information content (AvgIpc) is 2.70. The van der Waals surface area contributed by atoms with E-state index in [1.54, 1.807) is 60.9 Å². The number of carbonyl (C=O) groups is 1. The summed E-state index contributed by atoms with van der Waals surface area (Å²) in [4.78, 5) is 20.5. The van der Waals surface area contributed by atoms with Gasteiger partial charge in [-0.3, -0.25) is 14.8 Å². The Kier molecular flexibility index (Phi) is 5.41. The molecular weight excluding hydrogens is 330 g/mol. The molecule has 1 aromatic carbocycles. The highest BCUT2D eigenvalue weighted by molar-refractivity contribution is 6.07. The number of aliphatic hydroxyl groups is 1. The summed E-state index contributed by atoms with van der Waals surface area (Å²) < 4.78 is 0. The second-order valence-electron chi connectivity index (χ2n) is 5.17. The lowest BCUT2D eigenvalue weighted by Gasteiger charge is -2.07. The van der Waals surface area contributed by atoms with Crippen LogP contribution in [0.25, 0.3) is 5.76 Å². The van der Waals surface area contributed by atoms with E-state index < -0.39 is 5.91 Å². The number of amides is 1. The van der Waals surface area contributed by atoms with Crippen molar-refractivity contribution in [1.82, 2.24) is 9.97 Å². The summed E-state index contributed by atoms with van der Waals surface area (Å²) in [6.45, 7) is 0. The normalized spacial score (nSPS) is 11.8. The van der Waals surface area contributed by atoms with Crippen LogP contribution >= 0.6 is 0 Å². The minimum atomic E-state index is -0.605. The van der Waals surface area contributed by atoms with Gasteiger partial charge in [-0.05, 0) is 24.3 Å². The molecule has 0 unspecified atom stereocenters. The molecule has 2 aromatic heterocycles. The van der Waals surface area contributed by atoms with Gasteiger partial charge < -0.3 is 10.4 Å². The minimum absolute atomic E-state index is 0.219. The Bertz CT molecular complexity index is 926. The van der Waals surface area contributed by atoms with Crippen molar-refractivity contribution in [3.05, 3.63) is 90.6 Å². The number of nitrogens with zero attached hydrogens (tertiary/aromatic N) is 4. The number of nitrogens with one attached hydrogen (secondary N) is 1. The summed E-state index contributed by atoms with van der Waals surface area (Å²) in [6.07, 6.45) is 6.19. The minimum Gasteiger partial charge on any atom is -0.505 e. The van der Waals surface area contributed by atoms with Gasteiger partial charge in [0.15, 0.2) is 11.5 Å². The molecule has 128 valence electrons. The monoisotopic (exact) mass is 345 g/mol. The average molecular weight is 345 g/mol. The SMILES string of the molecule is O=C(Nc1cccnc1)/C(N=Nc1cccnc1)=C(\O)c1ccccc1. The Hall–Kier alpha value is -3.87. The Morgan fingerprint density at radius 1 is 0.923 bits per heavy atom. The number of carbonyl (C=O) groups excluding carboxylic acids is 1. The lowest BCUT2D eigenvalue weighted by molar-refractivity contribution is -0.112. The predicted octanol–water partition coefficient (Wildman–Crippen LogP) is 4.13. The van der Waals surface area contributed by atoms with Gasteiger partial charge in [0.25, 0.3) is 5.91 Å². The molecule has 0 radical (unpaired) electrons. The fourth-order valence-electron chi connectivity index (χ4n) is 2.08. The maximum Gasteiger partial charge on any atom is 0.280 e. The second-order valence-corrected chi connectivity index (χ2v) is 5.17. The van der Waals surface area contributed by atoms with Crippen LogP contribution in [0.1, 0.15) is 5.56 Å². The van der Waals surface area contributed by atoms with Crippen molar-refractivity contribution >= 4 is 23.0 Å². The zero-order valence-corrected chi connectivity index (χ0v) is 13.6. The van der Waals surface area contributed by atoms with Gasteiger partial charge in [-0.15, -0.1) is 10.2 Å². The molecule has 0 atom stereocenters. The van der Waals surface area contributed by atoms with Crippen LogP contribution in [0.2, 0.25) is 0 Å². The van der Waals surface area contributed by atoms with Crippen LogP contribution in [0, 0.1) is 0 Å². The number of aliphatic hydroxyl groups excluding tert-OH is 1. The number of pyridine rings is 2. The number of rotatable bonds is 5. The summed E-state index contributed by atoms with van der Waals surface area (Å²) >= 11 is 0. The van der Waals surface area contributed by atoms with E-state index in [2.05, 4.69) is 25.5 Å². The van der Waals surface area contributed by atoms with Crippen molar-refractivity contribution in [2.24, 2.45) is 10.2 Å². The lowest BCUT2D eigenvalue weighted by atomic mass is 10.1. The number of hydrogen-bond acceptors (Lipinski definition) is 6. The molecule has 0 saturated carbocycles. The molecule has 2 heterocycles. The van der Waals surface area contributed by atoms with Crippen LogP contribution in [-0.4, -0.2) is 21.0 Å². The number of aromatic nitrogens is 2. The number of azo groups is 1. The molecule has 0 bridgehead atoms. The zero-order valence-electron chi connectivity index (χ0n) is 13.6. The molecule has 0 saturated heterocycles. The van der Waals surface area contributed by atoms with Crippen molar-refractivity contribution in [2.75, 3.05) is 5.32 Å². The van der Waals surface area contributed by atoms with Crippen molar-refractivity contribution in [3.8, 4) is 0 Å². The van der Waals surface area contributed by atoms with Crippen molar-refractivity contribution in [2.45, 2.75) is 0 Å². The fraction of sp³-hybridized carbons (Fsp3) is 0. The maximum absolute atomic E-state index is 12.6. The van der Waals surface area contributed by atoms with Gasteiger partial charge in [0.05, 0.1) is 18.1 Å². The first kappa shape index (κ1) is 17.0. The number of benzene rings is 1. The molecule has 0 aliphatic carbocycles. The highest BCUT2D eigenvalue weighted by Crippen LogP contribution is 2.20. The van der Waals surface area contributed by atoms with Gasteiger partial charge in [0, 0.05) is 18.0 Å². The highest BCUT2D eigenvalue weighted by atomic mass is 16.3. The first-order valence-electron chi connectivity index (χ1n) is 7.76. The third-order valence-electron chi connectivity index (χ3n) is 3.32. The molecule has 3 aromatic rings. The predicted molar refractivity (Wildman–Crippen MR) is 97.6 cm³/mol. The van der Waals surface area contributed by atoms with Gasteiger partial charge >= 0.3 is 0 Å². The molecule has 2 N–H and O–H groups in total. The van der Waals surface area contributed by atoms with E-state index in [0.717, 1.165) is 0 Å². The van der Waals surface area contributed by atoms with E-state index >= 15 is 0 Å². The van der Waals surface area contributed by atoms with Crippen molar-refractivity contribution in [1.29, 1.82) is 0 Å². The van der Waals surface area contributed by atoms with Gasteiger partial charge in [-0.2, -0.15) is 0 Å². The molecule has 0 spiro atoms. The van der Waals surface area contributed by atoms with Gasteiger partial charge in [-0.1, -0.05) is 30.3 Å². The Morgan fingerprint density at radius 2 is 1.65 bits per heavy atom. The molecule has 0 aliphatic rings. The van der Waals surface area contributed by atoms with E-state index in [0.29, 0.717) is 16.9 Å². The summed E-state index contributed by atoms with van der Waals surface area (Å²) in [5.41, 5.74) is 1.17. The lowest BCUT2D eigenvalue weighted by Crippen LogP contribution is -2.15. The number of anilines is 1. The van der Waals surface area contributed by atoms with Gasteiger partial charge in [0.2, 0.25) is 0 Å². The second kappa shape index (κ2) is 8.29. The fourth-order valence-corrected chi connectivity index (χ4v) is 2.08. The molecule has 1 amide bonds. The molecular formula is C19H15N5O2. The maximum atomic E-state index is 12.6. The van der Waals surface area contributed by atoms with E-state index in [-0.39, 0.29) is 11.5 Å². The first-order valence-corrected chi connectivity index (χ1v) is 7.76. The smallest absolute Gasteiger partial charge is 0.280 e. The summed E-state index contributed by atoms with van der Waals surface area (Å²) in [5.74, 6) is -0.883. The summed E-state index contributed by atoms with van der Waals surface area (Å²) in [7, 11) is 0. The van der Waals surface area contributed by atoms with Crippen LogP contribution in [-0.2, 0) is 4.79 Å². The zero-order chi connectivity index (χ0) is 18.2. The molecule has 0 fully saturated rings. The highest BCUT2D eigenvalue weighted by Gasteiger charge is 2.17. The quantitative estimate of drug-likeness (QED) is 0.412. The summed E-state index contributed by atoms with van der Waals surface area (Å²) in [5, 5.41) is 21.1. The molecule has 7 nitrogen and oxygen atoms in total. The molecule has 7 heteroatoms. The van der Waals surface area contributed by atoms with Crippen LogP contribution in [0.3, 0.4) is 0 Å². The molecule has 0 aliphatic heterocycles. The van der Waals surface area contributed by atoms with Gasteiger partial charge in [0.1, 0.15) is 5.69 Å².